The van der Waals surface area contributed by atoms with Gasteiger partial charge in [0.25, 0.3) is 0 Å². The van der Waals surface area contributed by atoms with E-state index in [-0.39, 0.29) is 23.4 Å². The Bertz CT molecular complexity index is 309. The molecule has 0 amide bonds. The maximum Gasteiger partial charge on any atom is 0.191 e. The van der Waals surface area contributed by atoms with Crippen LogP contribution >= 0.6 is 0 Å². The monoisotopic (exact) mass is 302 g/mol. The van der Waals surface area contributed by atoms with Gasteiger partial charge in [0.2, 0.25) is 0 Å². The van der Waals surface area contributed by atoms with Crippen molar-refractivity contribution >= 4 is 8.32 Å². The first-order valence-corrected chi connectivity index (χ1v) is 10.8. The van der Waals surface area contributed by atoms with Gasteiger partial charge < -0.3 is 14.3 Å². The Labute approximate surface area is 126 Å². The largest absolute Gasteiger partial charge is 0.416 e. The first-order valence-electron chi connectivity index (χ1n) is 7.93. The number of aliphatic hydroxyl groups is 1. The lowest BCUT2D eigenvalue weighted by molar-refractivity contribution is -0.0543. The molecular formula is C16H34O3Si. The molecule has 1 aliphatic rings. The molecule has 1 N–H and O–H groups in total. The Hall–Kier alpha value is 0.0969. The molecule has 1 heterocycles. The quantitative estimate of drug-likeness (QED) is 0.785. The van der Waals surface area contributed by atoms with Gasteiger partial charge in [0, 0.05) is 12.5 Å². The standard InChI is InChI=1S/C16H34O3Si/c1-11-9-14(13(3)17)19-15(11)12(2)10-18-20(7,8)16(4,5)6/h11-15,17H,9-10H2,1-8H3/t11-,12-,13-,14+,15+/m0/s1. The van der Waals surface area contributed by atoms with Crippen LogP contribution in [0.5, 0.6) is 0 Å². The summed E-state index contributed by atoms with van der Waals surface area (Å²) in [6.07, 6.45) is 0.771. The molecule has 0 aromatic heterocycles. The molecule has 0 aromatic carbocycles. The van der Waals surface area contributed by atoms with E-state index in [1.807, 2.05) is 6.92 Å². The smallest absolute Gasteiger partial charge is 0.191 e. The highest BCUT2D eigenvalue weighted by Crippen LogP contribution is 2.38. The Morgan fingerprint density at radius 1 is 1.30 bits per heavy atom. The second-order valence-corrected chi connectivity index (χ2v) is 13.0. The van der Waals surface area contributed by atoms with Crippen LogP contribution in [-0.2, 0) is 9.16 Å². The molecule has 1 aliphatic heterocycles. The zero-order valence-corrected chi connectivity index (χ0v) is 15.6. The average molecular weight is 303 g/mol. The highest BCUT2D eigenvalue weighted by molar-refractivity contribution is 6.74. The lowest BCUT2D eigenvalue weighted by Gasteiger charge is -2.37. The maximum atomic E-state index is 9.69. The van der Waals surface area contributed by atoms with E-state index in [0.717, 1.165) is 13.0 Å². The molecule has 5 atom stereocenters. The molecule has 1 saturated heterocycles. The Balaban J connectivity index is 2.54. The third kappa shape index (κ3) is 4.29. The van der Waals surface area contributed by atoms with Gasteiger partial charge in [0.1, 0.15) is 0 Å². The van der Waals surface area contributed by atoms with Crippen LogP contribution in [0.25, 0.3) is 0 Å². The van der Waals surface area contributed by atoms with Gasteiger partial charge in [-0.2, -0.15) is 0 Å². The van der Waals surface area contributed by atoms with Crippen LogP contribution in [0.4, 0.5) is 0 Å². The minimum absolute atomic E-state index is 0.00896. The molecule has 0 unspecified atom stereocenters. The zero-order chi connectivity index (χ0) is 15.7. The second-order valence-electron chi connectivity index (χ2n) is 8.14. The van der Waals surface area contributed by atoms with Crippen LogP contribution in [-0.4, -0.2) is 38.3 Å². The summed E-state index contributed by atoms with van der Waals surface area (Å²) in [7, 11) is -1.68. The van der Waals surface area contributed by atoms with Gasteiger partial charge in [0.15, 0.2) is 8.32 Å². The lowest BCUT2D eigenvalue weighted by atomic mass is 9.92. The van der Waals surface area contributed by atoms with Crippen molar-refractivity contribution in [1.82, 2.24) is 0 Å². The van der Waals surface area contributed by atoms with E-state index >= 15 is 0 Å². The van der Waals surface area contributed by atoms with E-state index in [1.165, 1.54) is 0 Å². The molecule has 3 nitrogen and oxygen atoms in total. The summed E-state index contributed by atoms with van der Waals surface area (Å²) in [4.78, 5) is 0. The summed E-state index contributed by atoms with van der Waals surface area (Å²) in [6.45, 7) is 18.4. The molecule has 120 valence electrons. The van der Waals surface area contributed by atoms with Crippen LogP contribution in [0.3, 0.4) is 0 Å². The normalized spacial score (nSPS) is 31.4. The fourth-order valence-electron chi connectivity index (χ4n) is 2.55. The molecule has 20 heavy (non-hydrogen) atoms. The minimum Gasteiger partial charge on any atom is -0.416 e. The fraction of sp³-hybridized carbons (Fsp3) is 1.00. The molecule has 0 aromatic rings. The number of ether oxygens (including phenoxy) is 1. The fourth-order valence-corrected chi connectivity index (χ4v) is 3.66. The van der Waals surface area contributed by atoms with Crippen molar-refractivity contribution in [2.45, 2.75) is 84.4 Å². The van der Waals surface area contributed by atoms with E-state index < -0.39 is 8.32 Å². The molecule has 1 fully saturated rings. The zero-order valence-electron chi connectivity index (χ0n) is 14.6. The van der Waals surface area contributed by atoms with Crippen molar-refractivity contribution in [1.29, 1.82) is 0 Å². The summed E-state index contributed by atoms with van der Waals surface area (Å²) in [5, 5.41) is 9.93. The highest BCUT2D eigenvalue weighted by Gasteiger charge is 2.40. The number of hydrogen-bond acceptors (Lipinski definition) is 3. The van der Waals surface area contributed by atoms with Gasteiger partial charge in [-0.15, -0.1) is 0 Å². The van der Waals surface area contributed by atoms with Gasteiger partial charge >= 0.3 is 0 Å². The maximum absolute atomic E-state index is 9.69. The van der Waals surface area contributed by atoms with Crippen molar-refractivity contribution in [3.63, 3.8) is 0 Å². The Kier molecular flexibility index (Phi) is 5.87. The summed E-state index contributed by atoms with van der Waals surface area (Å²) in [6, 6.07) is 0. The van der Waals surface area contributed by atoms with Crippen LogP contribution < -0.4 is 0 Å². The molecule has 4 heteroatoms. The molecule has 0 bridgehead atoms. The predicted molar refractivity (Wildman–Crippen MR) is 86.4 cm³/mol. The average Bonchev–Trinajstić information content (AvgIpc) is 2.67. The van der Waals surface area contributed by atoms with Crippen molar-refractivity contribution < 1.29 is 14.3 Å². The van der Waals surface area contributed by atoms with Crippen molar-refractivity contribution in [2.24, 2.45) is 11.8 Å². The van der Waals surface area contributed by atoms with Gasteiger partial charge in [0.05, 0.1) is 18.3 Å². The third-order valence-electron chi connectivity index (χ3n) is 5.11. The van der Waals surface area contributed by atoms with E-state index in [0.29, 0.717) is 11.8 Å². The second kappa shape index (κ2) is 6.47. The van der Waals surface area contributed by atoms with E-state index in [4.69, 9.17) is 9.16 Å². The molecule has 1 rings (SSSR count). The van der Waals surface area contributed by atoms with Crippen LogP contribution in [0.1, 0.15) is 48.0 Å². The van der Waals surface area contributed by atoms with Crippen LogP contribution in [0, 0.1) is 11.8 Å². The predicted octanol–water partition coefficient (Wildman–Crippen LogP) is 3.82. The van der Waals surface area contributed by atoms with Crippen molar-refractivity contribution in [2.75, 3.05) is 6.61 Å². The highest BCUT2D eigenvalue weighted by atomic mass is 28.4. The molecule has 0 aliphatic carbocycles. The van der Waals surface area contributed by atoms with Gasteiger partial charge in [-0.05, 0) is 37.4 Å². The topological polar surface area (TPSA) is 38.7 Å². The first kappa shape index (κ1) is 18.1. The molecule has 0 radical (unpaired) electrons. The van der Waals surface area contributed by atoms with E-state index in [1.54, 1.807) is 0 Å². The number of aliphatic hydroxyl groups excluding tert-OH is 1. The SMILES string of the molecule is C[C@H](O)[C@H]1C[C@H](C)[C@H]([C@@H](C)CO[Si](C)(C)C(C)(C)C)O1. The summed E-state index contributed by atoms with van der Waals surface area (Å²) < 4.78 is 12.3. The van der Waals surface area contributed by atoms with Crippen molar-refractivity contribution in [3.05, 3.63) is 0 Å². The van der Waals surface area contributed by atoms with E-state index in [2.05, 4.69) is 47.7 Å². The first-order chi connectivity index (χ1) is 8.95. The Morgan fingerprint density at radius 2 is 1.85 bits per heavy atom. The number of hydrogen-bond donors (Lipinski definition) is 1. The molecule has 0 spiro atoms. The van der Waals surface area contributed by atoms with Crippen LogP contribution in [0.15, 0.2) is 0 Å². The Morgan fingerprint density at radius 3 is 2.25 bits per heavy atom. The summed E-state index contributed by atoms with van der Waals surface area (Å²) >= 11 is 0. The van der Waals surface area contributed by atoms with E-state index in [9.17, 15) is 5.11 Å². The van der Waals surface area contributed by atoms with Crippen molar-refractivity contribution in [3.8, 4) is 0 Å². The number of rotatable bonds is 5. The van der Waals surface area contributed by atoms with Crippen LogP contribution in [0.2, 0.25) is 18.1 Å². The van der Waals surface area contributed by atoms with Gasteiger partial charge in [-0.25, -0.2) is 0 Å². The minimum atomic E-state index is -1.68. The third-order valence-corrected chi connectivity index (χ3v) is 9.61. The van der Waals surface area contributed by atoms with Gasteiger partial charge in [-0.1, -0.05) is 34.6 Å². The van der Waals surface area contributed by atoms with Gasteiger partial charge in [-0.3, -0.25) is 0 Å². The molecular weight excluding hydrogens is 268 g/mol. The summed E-state index contributed by atoms with van der Waals surface area (Å²) in [5.74, 6) is 0.871. The molecule has 0 saturated carbocycles. The lowest BCUT2D eigenvalue weighted by Crippen LogP contribution is -2.43. The summed E-state index contributed by atoms with van der Waals surface area (Å²) in [5.41, 5.74) is 0.